The Kier molecular flexibility index (Phi) is 7.56. The van der Waals surface area contributed by atoms with Crippen LogP contribution < -0.4 is 10.6 Å². The van der Waals surface area contributed by atoms with Crippen molar-refractivity contribution in [3.05, 3.63) is 41.1 Å². The summed E-state index contributed by atoms with van der Waals surface area (Å²) in [5, 5.41) is 15.4. The summed E-state index contributed by atoms with van der Waals surface area (Å²) in [5.41, 5.74) is 0.634. The van der Waals surface area contributed by atoms with E-state index < -0.39 is 5.91 Å². The lowest BCUT2D eigenvalue weighted by Gasteiger charge is -2.26. The van der Waals surface area contributed by atoms with Gasteiger partial charge in [0.05, 0.1) is 13.2 Å². The van der Waals surface area contributed by atoms with Gasteiger partial charge < -0.3 is 15.4 Å². The first-order valence-corrected chi connectivity index (χ1v) is 8.27. The van der Waals surface area contributed by atoms with Crippen LogP contribution in [0.2, 0.25) is 5.02 Å². The summed E-state index contributed by atoms with van der Waals surface area (Å²) >= 11 is 5.80. The third-order valence-corrected chi connectivity index (χ3v) is 3.86. The Morgan fingerprint density at radius 2 is 2.04 bits per heavy atom. The van der Waals surface area contributed by atoms with E-state index in [1.807, 2.05) is 6.07 Å². The summed E-state index contributed by atoms with van der Waals surface area (Å²) in [6.07, 6.45) is 2.40. The van der Waals surface area contributed by atoms with Crippen LogP contribution in [0.4, 0.5) is 5.69 Å². The van der Waals surface area contributed by atoms with Crippen LogP contribution >= 0.6 is 11.6 Å². The quantitative estimate of drug-likeness (QED) is 0.447. The molecule has 1 aromatic carbocycles. The van der Waals surface area contributed by atoms with Crippen molar-refractivity contribution in [1.82, 2.24) is 10.2 Å². The zero-order valence-electron chi connectivity index (χ0n) is 13.4. The molecule has 0 aromatic heterocycles. The third kappa shape index (κ3) is 6.20. The van der Waals surface area contributed by atoms with Crippen LogP contribution in [0.15, 0.2) is 36.0 Å². The lowest BCUT2D eigenvalue weighted by atomic mass is 10.2. The van der Waals surface area contributed by atoms with Gasteiger partial charge in [-0.25, -0.2) is 0 Å². The number of halogens is 1. The molecule has 7 heteroatoms. The molecular weight excluding hydrogens is 328 g/mol. The molecule has 0 saturated carbocycles. The first-order chi connectivity index (χ1) is 11.7. The minimum atomic E-state index is -0.444. The van der Waals surface area contributed by atoms with Crippen molar-refractivity contribution in [2.45, 2.75) is 6.42 Å². The number of ether oxygens (including phenoxy) is 1. The van der Waals surface area contributed by atoms with E-state index in [9.17, 15) is 4.79 Å². The van der Waals surface area contributed by atoms with Crippen molar-refractivity contribution in [2.24, 2.45) is 0 Å². The van der Waals surface area contributed by atoms with Crippen LogP contribution in [0.25, 0.3) is 0 Å². The average Bonchev–Trinajstić information content (AvgIpc) is 2.61. The second kappa shape index (κ2) is 9.93. The van der Waals surface area contributed by atoms with E-state index in [4.69, 9.17) is 21.6 Å². The number of nitrogens with zero attached hydrogens (tertiary/aromatic N) is 2. The largest absolute Gasteiger partial charge is 0.390 e. The zero-order chi connectivity index (χ0) is 17.2. The smallest absolute Gasteiger partial charge is 0.267 e. The molecule has 0 unspecified atom stereocenters. The number of nitriles is 1. The number of benzene rings is 1. The molecule has 1 fully saturated rings. The number of rotatable bonds is 7. The van der Waals surface area contributed by atoms with Crippen LogP contribution in [0.5, 0.6) is 0 Å². The molecule has 1 amide bonds. The number of hydrogen-bond acceptors (Lipinski definition) is 5. The van der Waals surface area contributed by atoms with Gasteiger partial charge >= 0.3 is 0 Å². The molecule has 128 valence electrons. The predicted molar refractivity (Wildman–Crippen MR) is 93.7 cm³/mol. The van der Waals surface area contributed by atoms with E-state index >= 15 is 0 Å². The average molecular weight is 349 g/mol. The molecular formula is C17H21ClN4O2. The molecule has 2 N–H and O–H groups in total. The summed E-state index contributed by atoms with van der Waals surface area (Å²) in [6, 6.07) is 8.63. The van der Waals surface area contributed by atoms with E-state index in [2.05, 4.69) is 15.5 Å². The molecule has 0 spiro atoms. The maximum absolute atomic E-state index is 12.0. The summed E-state index contributed by atoms with van der Waals surface area (Å²) in [4.78, 5) is 14.4. The SMILES string of the molecule is N#C/C(=C/NCCCN1CCOCC1)C(=O)Nc1ccc(Cl)cc1. The summed E-state index contributed by atoms with van der Waals surface area (Å²) in [5.74, 6) is -0.444. The minimum absolute atomic E-state index is 0.0383. The highest BCUT2D eigenvalue weighted by Crippen LogP contribution is 2.14. The molecule has 0 radical (unpaired) electrons. The van der Waals surface area contributed by atoms with Gasteiger partial charge in [0.25, 0.3) is 5.91 Å². The van der Waals surface area contributed by atoms with E-state index in [1.165, 1.54) is 6.20 Å². The second-order valence-corrected chi connectivity index (χ2v) is 5.83. The van der Waals surface area contributed by atoms with Crippen molar-refractivity contribution >= 4 is 23.2 Å². The Labute approximate surface area is 147 Å². The minimum Gasteiger partial charge on any atom is -0.390 e. The molecule has 1 aliphatic heterocycles. The van der Waals surface area contributed by atoms with E-state index in [0.29, 0.717) is 17.3 Å². The fourth-order valence-corrected chi connectivity index (χ4v) is 2.41. The van der Waals surface area contributed by atoms with Gasteiger partial charge in [0, 0.05) is 36.5 Å². The van der Waals surface area contributed by atoms with Gasteiger partial charge in [-0.15, -0.1) is 0 Å². The first-order valence-electron chi connectivity index (χ1n) is 7.90. The number of hydrogen-bond donors (Lipinski definition) is 2. The highest BCUT2D eigenvalue weighted by Gasteiger charge is 2.10. The molecule has 1 heterocycles. The van der Waals surface area contributed by atoms with Gasteiger partial charge in [-0.1, -0.05) is 11.6 Å². The van der Waals surface area contributed by atoms with Crippen LogP contribution in [0, 0.1) is 11.3 Å². The van der Waals surface area contributed by atoms with Crippen molar-refractivity contribution < 1.29 is 9.53 Å². The van der Waals surface area contributed by atoms with Gasteiger partial charge in [0.2, 0.25) is 0 Å². The van der Waals surface area contributed by atoms with Crippen LogP contribution in [-0.2, 0) is 9.53 Å². The molecule has 1 aromatic rings. The molecule has 1 aliphatic rings. The Morgan fingerprint density at radius 1 is 1.33 bits per heavy atom. The molecule has 6 nitrogen and oxygen atoms in total. The molecule has 0 aliphatic carbocycles. The number of morpholine rings is 1. The Bertz CT molecular complexity index is 604. The van der Waals surface area contributed by atoms with Gasteiger partial charge in [-0.05, 0) is 37.2 Å². The third-order valence-electron chi connectivity index (χ3n) is 3.61. The Balaban J connectivity index is 1.73. The van der Waals surface area contributed by atoms with Gasteiger partial charge in [0.1, 0.15) is 11.6 Å². The first kappa shape index (κ1) is 18.3. The Hall–Kier alpha value is -2.07. The van der Waals surface area contributed by atoms with Crippen LogP contribution in [0.1, 0.15) is 6.42 Å². The highest BCUT2D eigenvalue weighted by atomic mass is 35.5. The van der Waals surface area contributed by atoms with Crippen molar-refractivity contribution in [3.8, 4) is 6.07 Å². The summed E-state index contributed by atoms with van der Waals surface area (Å²) in [6.45, 7) is 5.18. The lowest BCUT2D eigenvalue weighted by Crippen LogP contribution is -2.37. The summed E-state index contributed by atoms with van der Waals surface area (Å²) < 4.78 is 5.30. The van der Waals surface area contributed by atoms with Gasteiger partial charge in [-0.2, -0.15) is 5.26 Å². The highest BCUT2D eigenvalue weighted by molar-refractivity contribution is 6.30. The Morgan fingerprint density at radius 3 is 2.71 bits per heavy atom. The van der Waals surface area contributed by atoms with E-state index in [-0.39, 0.29) is 5.57 Å². The fraction of sp³-hybridized carbons (Fsp3) is 0.412. The van der Waals surface area contributed by atoms with Crippen molar-refractivity contribution in [2.75, 3.05) is 44.7 Å². The van der Waals surface area contributed by atoms with E-state index in [1.54, 1.807) is 24.3 Å². The number of carbonyl (C=O) groups is 1. The maximum atomic E-state index is 12.0. The van der Waals surface area contributed by atoms with Gasteiger partial charge in [-0.3, -0.25) is 9.69 Å². The number of nitrogens with one attached hydrogen (secondary N) is 2. The van der Waals surface area contributed by atoms with Gasteiger partial charge in [0.15, 0.2) is 0 Å². The summed E-state index contributed by atoms with van der Waals surface area (Å²) in [7, 11) is 0. The van der Waals surface area contributed by atoms with Crippen LogP contribution in [-0.4, -0.2) is 50.2 Å². The van der Waals surface area contributed by atoms with Crippen molar-refractivity contribution in [3.63, 3.8) is 0 Å². The lowest BCUT2D eigenvalue weighted by molar-refractivity contribution is -0.112. The maximum Gasteiger partial charge on any atom is 0.267 e. The standard InChI is InChI=1S/C17H21ClN4O2/c18-15-2-4-16(5-3-15)21-17(23)14(12-19)13-20-6-1-7-22-8-10-24-11-9-22/h2-5,13,20H,1,6-11H2,(H,21,23)/b14-13-. The molecule has 0 bridgehead atoms. The monoisotopic (exact) mass is 348 g/mol. The molecule has 24 heavy (non-hydrogen) atoms. The second-order valence-electron chi connectivity index (χ2n) is 5.39. The topological polar surface area (TPSA) is 77.4 Å². The zero-order valence-corrected chi connectivity index (χ0v) is 14.2. The number of carbonyl (C=O) groups excluding carboxylic acids is 1. The predicted octanol–water partition coefficient (Wildman–Crippen LogP) is 2.00. The van der Waals surface area contributed by atoms with E-state index in [0.717, 1.165) is 39.3 Å². The van der Waals surface area contributed by atoms with Crippen molar-refractivity contribution in [1.29, 1.82) is 5.26 Å². The number of anilines is 1. The molecule has 0 atom stereocenters. The molecule has 2 rings (SSSR count). The fourth-order valence-electron chi connectivity index (χ4n) is 2.28. The normalized spacial score (nSPS) is 15.6. The van der Waals surface area contributed by atoms with Crippen LogP contribution in [0.3, 0.4) is 0 Å². The number of amides is 1. The molecule has 1 saturated heterocycles.